The zero-order valence-corrected chi connectivity index (χ0v) is 18.7. The van der Waals surface area contributed by atoms with Gasteiger partial charge in [0.2, 0.25) is 0 Å². The Bertz CT molecular complexity index is 317. The van der Waals surface area contributed by atoms with Crippen molar-refractivity contribution < 1.29 is 19.5 Å². The van der Waals surface area contributed by atoms with Gasteiger partial charge in [-0.25, -0.2) is 0 Å². The molecule has 104 valence electrons. The summed E-state index contributed by atoms with van der Waals surface area (Å²) < 4.78 is 1.34. The van der Waals surface area contributed by atoms with Crippen LogP contribution in [0.3, 0.4) is 0 Å². The summed E-state index contributed by atoms with van der Waals surface area (Å²) in [4.78, 5) is 0. The molecule has 0 aliphatic carbocycles. The van der Waals surface area contributed by atoms with Crippen LogP contribution in [0.25, 0.3) is 0 Å². The molecule has 0 aromatic rings. The SMILES string of the molecule is CS(C)(C)(C)=C(N)[S-].CS(C)(C)(C)=C(N)[S-].[Zn+2]. The van der Waals surface area contributed by atoms with E-state index in [0.717, 1.165) is 0 Å². The van der Waals surface area contributed by atoms with Crippen molar-refractivity contribution >= 4 is 51.4 Å². The third kappa shape index (κ3) is 13.9. The zero-order chi connectivity index (χ0) is 14.0. The van der Waals surface area contributed by atoms with Gasteiger partial charge in [0.05, 0.1) is 0 Å². The quantitative estimate of drug-likeness (QED) is 0.378. The summed E-state index contributed by atoms with van der Waals surface area (Å²) in [7, 11) is -2.91. The van der Waals surface area contributed by atoms with Crippen LogP contribution in [0, 0.1) is 0 Å². The maximum atomic E-state index is 5.48. The van der Waals surface area contributed by atoms with Gasteiger partial charge in [0.15, 0.2) is 0 Å². The first-order valence-electron chi connectivity index (χ1n) is 4.66. The van der Waals surface area contributed by atoms with E-state index < -0.39 is 17.5 Å². The molecule has 4 N–H and O–H groups in total. The molecule has 0 unspecified atom stereocenters. The van der Waals surface area contributed by atoms with Gasteiger partial charge in [-0.2, -0.15) is 0 Å². The Morgan fingerprint density at radius 1 is 0.647 bits per heavy atom. The minimum absolute atomic E-state index is 0. The van der Waals surface area contributed by atoms with Crippen molar-refractivity contribution in [3.63, 3.8) is 0 Å². The van der Waals surface area contributed by atoms with Crippen molar-refractivity contribution in [2.75, 3.05) is 50.0 Å². The molecular weight excluding hydrogens is 342 g/mol. The van der Waals surface area contributed by atoms with Crippen LogP contribution in [-0.2, 0) is 44.7 Å². The normalized spacial score (nSPS) is 16.0. The van der Waals surface area contributed by atoms with E-state index >= 15 is 0 Å². The zero-order valence-electron chi connectivity index (χ0n) is 12.5. The molecule has 0 radical (unpaired) electrons. The van der Waals surface area contributed by atoms with Gasteiger partial charge < -0.3 is 36.7 Å². The first kappa shape index (κ1) is 23.8. The number of hydrogen-bond donors (Lipinski definition) is 2. The summed E-state index contributed by atoms with van der Waals surface area (Å²) in [6, 6.07) is 0. The Kier molecular flexibility index (Phi) is 8.97. The topological polar surface area (TPSA) is 52.0 Å². The first-order valence-corrected chi connectivity index (χ1v) is 12.8. The van der Waals surface area contributed by atoms with Crippen molar-refractivity contribution in [1.29, 1.82) is 0 Å². The molecule has 0 aromatic heterocycles. The van der Waals surface area contributed by atoms with Crippen molar-refractivity contribution in [3.8, 4) is 0 Å². The van der Waals surface area contributed by atoms with Crippen LogP contribution in [0.4, 0.5) is 0 Å². The largest absolute Gasteiger partial charge is 2.00 e. The van der Waals surface area contributed by atoms with Crippen LogP contribution in [0.15, 0.2) is 0 Å². The molecule has 0 heterocycles. The molecule has 0 bridgehead atoms. The van der Waals surface area contributed by atoms with Gasteiger partial charge in [0, 0.05) is 0 Å². The average Bonchev–Trinajstić information content (AvgIpc) is 1.78. The fourth-order valence-electron chi connectivity index (χ4n) is 0. The Hall–Kier alpha value is 1.68. The monoisotopic (exact) mass is 368 g/mol. The molecule has 0 aromatic carbocycles. The van der Waals surface area contributed by atoms with E-state index in [1.807, 2.05) is 0 Å². The molecule has 0 rings (SSSR count). The molecule has 17 heavy (non-hydrogen) atoms. The molecule has 0 spiro atoms. The predicted octanol–water partition coefficient (Wildman–Crippen LogP) is 0.875. The minimum Gasteiger partial charge on any atom is -0.741 e. The molecule has 2 nitrogen and oxygen atoms in total. The maximum absolute atomic E-state index is 5.48. The van der Waals surface area contributed by atoms with Crippen LogP contribution in [0.1, 0.15) is 0 Å². The standard InChI is InChI=1S/2C5H15NS2.Zn/c2*1-8(2,3,4)5(6)7;/h2*7H,6H2,1-4H3;/q;;+2/p-2. The van der Waals surface area contributed by atoms with Gasteiger partial charge >= 0.3 is 19.5 Å². The number of hydrogen-bond acceptors (Lipinski definition) is 2. The van der Waals surface area contributed by atoms with E-state index in [1.54, 1.807) is 0 Å². The molecule has 7 heteroatoms. The number of nitrogens with two attached hydrogens (primary N) is 2. The van der Waals surface area contributed by atoms with Crippen LogP contribution in [0.5, 0.6) is 0 Å². The second kappa shape index (κ2) is 6.42. The van der Waals surface area contributed by atoms with Crippen molar-refractivity contribution in [3.05, 3.63) is 0 Å². The molecule has 0 saturated heterocycles. The van der Waals surface area contributed by atoms with Crippen LogP contribution >= 0.6 is 17.5 Å². The Balaban J connectivity index is -0.000000218. The summed E-state index contributed by atoms with van der Waals surface area (Å²) in [6.45, 7) is 0. The van der Waals surface area contributed by atoms with Gasteiger partial charge in [-0.1, -0.05) is 0 Å². The van der Waals surface area contributed by atoms with Gasteiger partial charge in [-0.05, 0) is 50.0 Å². The summed E-state index contributed by atoms with van der Waals surface area (Å²) in [6.07, 6.45) is 17.0. The summed E-state index contributed by atoms with van der Waals surface area (Å²) in [5, 5.41) is 0. The summed E-state index contributed by atoms with van der Waals surface area (Å²) >= 11 is 9.74. The Morgan fingerprint density at radius 3 is 0.706 bits per heavy atom. The van der Waals surface area contributed by atoms with Crippen molar-refractivity contribution in [2.45, 2.75) is 0 Å². The van der Waals surface area contributed by atoms with Crippen molar-refractivity contribution in [1.82, 2.24) is 0 Å². The minimum atomic E-state index is -1.46. The van der Waals surface area contributed by atoms with Gasteiger partial charge in [0.25, 0.3) is 0 Å². The third-order valence-electron chi connectivity index (χ3n) is 1.61. The molecule has 0 fully saturated rings. The van der Waals surface area contributed by atoms with E-state index in [1.165, 1.54) is 0 Å². The van der Waals surface area contributed by atoms with Crippen LogP contribution < -0.4 is 11.5 Å². The molecule has 0 aliphatic rings. The predicted molar refractivity (Wildman–Crippen MR) is 95.7 cm³/mol. The Morgan fingerprint density at radius 2 is 0.706 bits per heavy atom. The summed E-state index contributed by atoms with van der Waals surface area (Å²) in [5.41, 5.74) is 11.0. The van der Waals surface area contributed by atoms with Gasteiger partial charge in [-0.3, -0.25) is 17.5 Å². The van der Waals surface area contributed by atoms with Gasteiger partial charge in [-0.15, -0.1) is 8.64 Å². The average molecular weight is 370 g/mol. The van der Waals surface area contributed by atoms with Crippen LogP contribution in [0.2, 0.25) is 0 Å². The second-order valence-corrected chi connectivity index (χ2v) is 22.5. The second-order valence-electron chi connectivity index (χ2n) is 7.17. The fraction of sp³-hybridized carbons (Fsp3) is 0.800. The van der Waals surface area contributed by atoms with E-state index in [9.17, 15) is 0 Å². The maximum Gasteiger partial charge on any atom is 2.00 e. The smallest absolute Gasteiger partial charge is 0.741 e. The van der Waals surface area contributed by atoms with Crippen LogP contribution in [-0.4, -0.2) is 58.7 Å². The van der Waals surface area contributed by atoms with Gasteiger partial charge in [0.1, 0.15) is 0 Å². The van der Waals surface area contributed by atoms with E-state index in [4.69, 9.17) is 36.7 Å². The Labute approximate surface area is 131 Å². The van der Waals surface area contributed by atoms with E-state index in [0.29, 0.717) is 8.64 Å². The van der Waals surface area contributed by atoms with E-state index in [2.05, 4.69) is 50.0 Å². The molecular formula is C10H28N2S4Zn. The molecule has 0 aliphatic heterocycles. The van der Waals surface area contributed by atoms with E-state index in [-0.39, 0.29) is 19.5 Å². The molecule has 0 amide bonds. The number of rotatable bonds is 0. The molecule has 0 atom stereocenters. The first-order chi connectivity index (χ1) is 6.40. The molecule has 0 saturated carbocycles. The van der Waals surface area contributed by atoms with Crippen molar-refractivity contribution in [2.24, 2.45) is 11.5 Å². The summed E-state index contributed by atoms with van der Waals surface area (Å²) in [5.74, 6) is 0. The third-order valence-corrected chi connectivity index (χ3v) is 8.83. The fourth-order valence-corrected chi connectivity index (χ4v) is 0.